The molecule has 0 bridgehead atoms. The summed E-state index contributed by atoms with van der Waals surface area (Å²) in [7, 11) is 0. The number of nitrogens with one attached hydrogen (secondary N) is 1. The number of aromatic amines is 1. The van der Waals surface area contributed by atoms with Crippen LogP contribution < -0.4 is 5.73 Å². The summed E-state index contributed by atoms with van der Waals surface area (Å²) in [5, 5.41) is 7.18. The molecule has 0 spiro atoms. The molecular formula is C14H15ClN4O. The van der Waals surface area contributed by atoms with Gasteiger partial charge < -0.3 is 10.6 Å². The number of halogens is 1. The van der Waals surface area contributed by atoms with Crippen LogP contribution in [0.25, 0.3) is 0 Å². The maximum atomic E-state index is 12.5. The Labute approximate surface area is 121 Å². The number of carbonyl (C=O) groups excluding carboxylic acids is 1. The average molecular weight is 291 g/mol. The first-order valence-corrected chi connectivity index (χ1v) is 6.87. The smallest absolute Gasteiger partial charge is 0.272 e. The molecule has 5 nitrogen and oxygen atoms in total. The van der Waals surface area contributed by atoms with E-state index in [0.29, 0.717) is 29.1 Å². The van der Waals surface area contributed by atoms with Gasteiger partial charge in [-0.3, -0.25) is 9.89 Å². The van der Waals surface area contributed by atoms with Gasteiger partial charge in [-0.1, -0.05) is 23.7 Å². The van der Waals surface area contributed by atoms with Crippen LogP contribution in [0, 0.1) is 0 Å². The minimum absolute atomic E-state index is 0.0633. The highest BCUT2D eigenvalue weighted by Crippen LogP contribution is 2.30. The number of rotatable bonds is 4. The van der Waals surface area contributed by atoms with Crippen LogP contribution in [-0.2, 0) is 6.54 Å². The Balaban J connectivity index is 1.79. The van der Waals surface area contributed by atoms with Gasteiger partial charge in [0.1, 0.15) is 11.5 Å². The number of nitrogens with two attached hydrogens (primary N) is 1. The van der Waals surface area contributed by atoms with E-state index in [2.05, 4.69) is 10.2 Å². The summed E-state index contributed by atoms with van der Waals surface area (Å²) in [6, 6.07) is 9.42. The molecule has 3 N–H and O–H groups in total. The van der Waals surface area contributed by atoms with Gasteiger partial charge in [0.2, 0.25) is 0 Å². The Morgan fingerprint density at radius 2 is 2.10 bits per heavy atom. The molecule has 6 heteroatoms. The van der Waals surface area contributed by atoms with Crippen molar-refractivity contribution in [2.24, 2.45) is 0 Å². The summed E-state index contributed by atoms with van der Waals surface area (Å²) in [6.45, 7) is 0.569. The van der Waals surface area contributed by atoms with Crippen LogP contribution in [0.5, 0.6) is 0 Å². The van der Waals surface area contributed by atoms with Crippen molar-refractivity contribution in [2.75, 3.05) is 5.73 Å². The topological polar surface area (TPSA) is 75.0 Å². The number of hydrogen-bond acceptors (Lipinski definition) is 3. The summed E-state index contributed by atoms with van der Waals surface area (Å²) in [6.07, 6.45) is 2.09. The van der Waals surface area contributed by atoms with Crippen LogP contribution in [0.1, 0.15) is 28.9 Å². The van der Waals surface area contributed by atoms with Crippen LogP contribution in [0.4, 0.5) is 5.82 Å². The molecule has 1 saturated carbocycles. The van der Waals surface area contributed by atoms with Crippen LogP contribution >= 0.6 is 11.6 Å². The zero-order chi connectivity index (χ0) is 14.1. The summed E-state index contributed by atoms with van der Waals surface area (Å²) in [4.78, 5) is 14.3. The van der Waals surface area contributed by atoms with E-state index in [1.165, 1.54) is 0 Å². The zero-order valence-corrected chi connectivity index (χ0v) is 11.6. The SMILES string of the molecule is Nc1cc(C(=O)N(Cc2ccc(Cl)cc2)C2CC2)[nH]n1. The maximum Gasteiger partial charge on any atom is 0.272 e. The second kappa shape index (κ2) is 5.17. The molecule has 0 saturated heterocycles. The highest BCUT2D eigenvalue weighted by Gasteiger charge is 2.33. The molecule has 3 rings (SSSR count). The average Bonchev–Trinajstić information content (AvgIpc) is 3.19. The van der Waals surface area contributed by atoms with E-state index in [-0.39, 0.29) is 5.91 Å². The number of aromatic nitrogens is 2. The molecule has 20 heavy (non-hydrogen) atoms. The minimum atomic E-state index is -0.0633. The van der Waals surface area contributed by atoms with Crippen molar-refractivity contribution in [2.45, 2.75) is 25.4 Å². The van der Waals surface area contributed by atoms with E-state index in [0.717, 1.165) is 18.4 Å². The van der Waals surface area contributed by atoms with E-state index in [1.54, 1.807) is 6.07 Å². The van der Waals surface area contributed by atoms with Gasteiger partial charge in [-0.05, 0) is 30.5 Å². The monoisotopic (exact) mass is 290 g/mol. The summed E-state index contributed by atoms with van der Waals surface area (Å²) in [5.41, 5.74) is 7.04. The number of benzene rings is 1. The third-order valence-electron chi connectivity index (χ3n) is 3.34. The number of nitrogens with zero attached hydrogens (tertiary/aromatic N) is 2. The molecule has 1 fully saturated rings. The normalized spacial score (nSPS) is 14.2. The lowest BCUT2D eigenvalue weighted by molar-refractivity contribution is 0.0724. The van der Waals surface area contributed by atoms with Gasteiger partial charge >= 0.3 is 0 Å². The van der Waals surface area contributed by atoms with Gasteiger partial charge in [0, 0.05) is 23.7 Å². The van der Waals surface area contributed by atoms with Crippen LogP contribution in [0.2, 0.25) is 5.02 Å². The van der Waals surface area contributed by atoms with Gasteiger partial charge in [0.15, 0.2) is 0 Å². The van der Waals surface area contributed by atoms with E-state index in [9.17, 15) is 4.79 Å². The lowest BCUT2D eigenvalue weighted by Crippen LogP contribution is -2.32. The van der Waals surface area contributed by atoms with Crippen molar-refractivity contribution in [1.82, 2.24) is 15.1 Å². The third-order valence-corrected chi connectivity index (χ3v) is 3.59. The van der Waals surface area contributed by atoms with Crippen molar-refractivity contribution >= 4 is 23.3 Å². The Bertz CT molecular complexity index is 618. The van der Waals surface area contributed by atoms with E-state index < -0.39 is 0 Å². The maximum absolute atomic E-state index is 12.5. The van der Waals surface area contributed by atoms with Crippen molar-refractivity contribution in [3.05, 3.63) is 46.6 Å². The standard InChI is InChI=1S/C14H15ClN4O/c15-10-3-1-9(2-4-10)8-19(11-5-6-11)14(20)12-7-13(16)18-17-12/h1-4,7,11H,5-6,8H2,(H3,16,17,18). The molecule has 1 aromatic heterocycles. The predicted octanol–water partition coefficient (Wildman–Crippen LogP) is 2.45. The highest BCUT2D eigenvalue weighted by molar-refractivity contribution is 6.30. The largest absolute Gasteiger partial charge is 0.382 e. The predicted molar refractivity (Wildman–Crippen MR) is 77.3 cm³/mol. The number of carbonyl (C=O) groups is 1. The summed E-state index contributed by atoms with van der Waals surface area (Å²) < 4.78 is 0. The number of amides is 1. The molecule has 0 unspecified atom stereocenters. The lowest BCUT2D eigenvalue weighted by atomic mass is 10.2. The quantitative estimate of drug-likeness (QED) is 0.908. The molecule has 1 heterocycles. The number of H-pyrrole nitrogens is 1. The Hall–Kier alpha value is -2.01. The van der Waals surface area contributed by atoms with Crippen molar-refractivity contribution in [1.29, 1.82) is 0 Å². The van der Waals surface area contributed by atoms with Crippen LogP contribution in [0.3, 0.4) is 0 Å². The number of anilines is 1. The highest BCUT2D eigenvalue weighted by atomic mass is 35.5. The molecule has 0 atom stereocenters. The van der Waals surface area contributed by atoms with Crippen molar-refractivity contribution in [3.8, 4) is 0 Å². The second-order valence-electron chi connectivity index (χ2n) is 5.00. The van der Waals surface area contributed by atoms with Gasteiger partial charge in [0.25, 0.3) is 5.91 Å². The summed E-state index contributed by atoms with van der Waals surface area (Å²) >= 11 is 5.88. The molecule has 104 valence electrons. The van der Waals surface area contributed by atoms with E-state index in [4.69, 9.17) is 17.3 Å². The summed E-state index contributed by atoms with van der Waals surface area (Å²) in [5.74, 6) is 0.266. The number of hydrogen-bond donors (Lipinski definition) is 2. The first-order chi connectivity index (χ1) is 9.63. The Morgan fingerprint density at radius 1 is 1.40 bits per heavy atom. The fraction of sp³-hybridized carbons (Fsp3) is 0.286. The minimum Gasteiger partial charge on any atom is -0.382 e. The van der Waals surface area contributed by atoms with Crippen molar-refractivity contribution in [3.63, 3.8) is 0 Å². The van der Waals surface area contributed by atoms with Crippen LogP contribution in [-0.4, -0.2) is 27.0 Å². The Morgan fingerprint density at radius 3 is 2.65 bits per heavy atom. The first kappa shape index (κ1) is 13.0. The van der Waals surface area contributed by atoms with Gasteiger partial charge in [0.05, 0.1) is 0 Å². The number of nitrogen functional groups attached to an aromatic ring is 1. The Kier molecular flexibility index (Phi) is 3.36. The molecule has 0 radical (unpaired) electrons. The van der Waals surface area contributed by atoms with Gasteiger partial charge in [-0.15, -0.1) is 0 Å². The molecule has 0 aliphatic heterocycles. The molecular weight excluding hydrogens is 276 g/mol. The van der Waals surface area contributed by atoms with Gasteiger partial charge in [-0.2, -0.15) is 5.10 Å². The first-order valence-electron chi connectivity index (χ1n) is 6.50. The molecule has 1 amide bonds. The van der Waals surface area contributed by atoms with E-state index >= 15 is 0 Å². The zero-order valence-electron chi connectivity index (χ0n) is 10.8. The molecule has 1 aliphatic rings. The lowest BCUT2D eigenvalue weighted by Gasteiger charge is -2.21. The second-order valence-corrected chi connectivity index (χ2v) is 5.43. The van der Waals surface area contributed by atoms with E-state index in [1.807, 2.05) is 29.2 Å². The molecule has 2 aromatic rings. The molecule has 1 aromatic carbocycles. The van der Waals surface area contributed by atoms with Crippen LogP contribution in [0.15, 0.2) is 30.3 Å². The third kappa shape index (κ3) is 2.77. The fourth-order valence-electron chi connectivity index (χ4n) is 2.14. The fourth-order valence-corrected chi connectivity index (χ4v) is 2.27. The van der Waals surface area contributed by atoms with Gasteiger partial charge in [-0.25, -0.2) is 0 Å². The van der Waals surface area contributed by atoms with Crippen molar-refractivity contribution < 1.29 is 4.79 Å². The molecule has 1 aliphatic carbocycles.